The Labute approximate surface area is 152 Å². The first-order valence-electron chi connectivity index (χ1n) is 8.57. The molecule has 0 amide bonds. The van der Waals surface area contributed by atoms with Crippen molar-refractivity contribution in [3.8, 4) is 16.9 Å². The molecule has 0 aliphatic heterocycles. The number of aromatic nitrogens is 2. The fraction of sp³-hybridized carbons (Fsp3) is 0.368. The third kappa shape index (κ3) is 3.24. The second kappa shape index (κ2) is 7.95. The van der Waals surface area contributed by atoms with Gasteiger partial charge in [-0.1, -0.05) is 19.0 Å². The van der Waals surface area contributed by atoms with Gasteiger partial charge in [0.15, 0.2) is 0 Å². The number of ether oxygens (including phenoxy) is 2. The van der Waals surface area contributed by atoms with E-state index in [1.165, 1.54) is 0 Å². The summed E-state index contributed by atoms with van der Waals surface area (Å²) < 4.78 is 15.8. The van der Waals surface area contributed by atoms with Gasteiger partial charge in [0.1, 0.15) is 22.9 Å². The maximum Gasteiger partial charge on any atom is 0.342 e. The monoisotopic (exact) mass is 359 g/mol. The summed E-state index contributed by atoms with van der Waals surface area (Å²) in [6.45, 7) is 9.73. The normalized spacial score (nSPS) is 10.4. The zero-order chi connectivity index (χ0) is 19.4. The molecule has 0 radical (unpaired) electrons. The number of esters is 1. The molecule has 7 nitrogen and oxygen atoms in total. The number of hydrogen-bond acceptors (Lipinski definition) is 6. The maximum atomic E-state index is 12.2. The second-order valence-electron chi connectivity index (χ2n) is 5.43. The van der Waals surface area contributed by atoms with Gasteiger partial charge in [-0.25, -0.2) is 4.79 Å². The summed E-state index contributed by atoms with van der Waals surface area (Å²) >= 11 is 0. The van der Waals surface area contributed by atoms with Crippen molar-refractivity contribution in [2.75, 3.05) is 19.5 Å². The van der Waals surface area contributed by atoms with E-state index in [4.69, 9.17) is 19.7 Å². The highest BCUT2D eigenvalue weighted by molar-refractivity contribution is 6.10. The highest BCUT2D eigenvalue weighted by Crippen LogP contribution is 2.39. The van der Waals surface area contributed by atoms with Crippen LogP contribution in [-0.4, -0.2) is 29.8 Å². The Morgan fingerprint density at radius 2 is 2.00 bits per heavy atom. The van der Waals surface area contributed by atoms with Crippen molar-refractivity contribution < 1.29 is 18.8 Å². The molecule has 0 spiro atoms. The van der Waals surface area contributed by atoms with E-state index in [2.05, 4.69) is 10.1 Å². The number of nitrogens with one attached hydrogen (secondary N) is 1. The molecule has 140 valence electrons. The Morgan fingerprint density at radius 1 is 1.31 bits per heavy atom. The third-order valence-electron chi connectivity index (χ3n) is 3.93. The maximum absolute atomic E-state index is 12.2. The van der Waals surface area contributed by atoms with Crippen LogP contribution in [0.4, 0.5) is 5.82 Å². The topological polar surface area (TPSA) is 103 Å². The quantitative estimate of drug-likeness (QED) is 0.676. The van der Waals surface area contributed by atoms with Crippen molar-refractivity contribution in [2.24, 2.45) is 0 Å². The predicted molar refractivity (Wildman–Crippen MR) is 102 cm³/mol. The predicted octanol–water partition coefficient (Wildman–Crippen LogP) is 4.23. The van der Waals surface area contributed by atoms with Crippen molar-refractivity contribution in [1.82, 2.24) is 10.1 Å². The number of methoxy groups -OCH3 is 1. The van der Waals surface area contributed by atoms with Gasteiger partial charge >= 0.3 is 5.97 Å². The van der Waals surface area contributed by atoms with Crippen LogP contribution in [0.3, 0.4) is 0 Å². The number of nitrogen functional groups attached to an aromatic ring is 1. The highest BCUT2D eigenvalue weighted by atomic mass is 16.5. The minimum absolute atomic E-state index is 0.265. The lowest BCUT2D eigenvalue weighted by Crippen LogP contribution is -2.06. The van der Waals surface area contributed by atoms with Gasteiger partial charge in [-0.2, -0.15) is 0 Å². The van der Waals surface area contributed by atoms with E-state index in [0.717, 1.165) is 16.8 Å². The molecular formula is C19H25N3O4. The Bertz CT molecular complexity index is 905. The zero-order valence-electron chi connectivity index (χ0n) is 16.0. The van der Waals surface area contributed by atoms with E-state index < -0.39 is 5.97 Å². The van der Waals surface area contributed by atoms with Gasteiger partial charge in [-0.3, -0.25) is 0 Å². The minimum Gasteiger partial charge on any atom is -0.496 e. The Hall–Kier alpha value is -2.96. The summed E-state index contributed by atoms with van der Waals surface area (Å²) in [5, 5.41) is 4.63. The smallest absolute Gasteiger partial charge is 0.342 e. The molecule has 3 rings (SSSR count). The van der Waals surface area contributed by atoms with Crippen molar-refractivity contribution in [3.05, 3.63) is 29.2 Å². The summed E-state index contributed by atoms with van der Waals surface area (Å²) in [4.78, 5) is 15.2. The van der Waals surface area contributed by atoms with Crippen LogP contribution in [0.2, 0.25) is 0 Å². The number of rotatable bonds is 4. The van der Waals surface area contributed by atoms with Crippen LogP contribution >= 0.6 is 0 Å². The summed E-state index contributed by atoms with van der Waals surface area (Å²) in [7, 11) is 1.57. The average molecular weight is 359 g/mol. The van der Waals surface area contributed by atoms with Crippen LogP contribution in [0.1, 0.15) is 42.6 Å². The number of carbonyl (C=O) groups is 1. The molecule has 3 N–H and O–H groups in total. The van der Waals surface area contributed by atoms with Crippen LogP contribution in [-0.2, 0) is 4.74 Å². The van der Waals surface area contributed by atoms with Crippen molar-refractivity contribution in [1.29, 1.82) is 0 Å². The van der Waals surface area contributed by atoms with Gasteiger partial charge in [0.05, 0.1) is 25.0 Å². The van der Waals surface area contributed by atoms with Gasteiger partial charge < -0.3 is 24.7 Å². The standard InChI is InChI=1S/C17H19N3O4.C2H6/c1-5-23-17(21)15-10-7-13(22-4)11(6-12(10)19-16(15)18)14-8(2)20-24-9(14)3;1-2/h6-7,19H,5,18H2,1-4H3;1-2H3. The van der Waals surface area contributed by atoms with Gasteiger partial charge in [0, 0.05) is 16.5 Å². The Morgan fingerprint density at radius 3 is 2.54 bits per heavy atom. The molecule has 7 heteroatoms. The van der Waals surface area contributed by atoms with Crippen LogP contribution in [0.25, 0.3) is 22.0 Å². The van der Waals surface area contributed by atoms with E-state index in [1.54, 1.807) is 20.1 Å². The fourth-order valence-corrected chi connectivity index (χ4v) is 2.90. The first kappa shape index (κ1) is 19.4. The second-order valence-corrected chi connectivity index (χ2v) is 5.43. The molecule has 0 aliphatic rings. The molecule has 0 saturated heterocycles. The molecule has 2 aromatic heterocycles. The number of hydrogen-bond donors (Lipinski definition) is 2. The number of fused-ring (bicyclic) bond motifs is 1. The SMILES string of the molecule is CC.CCOC(=O)c1c(N)[nH]c2cc(-c3c(C)noc3C)c(OC)cc12. The van der Waals surface area contributed by atoms with Crippen LogP contribution in [0.5, 0.6) is 5.75 Å². The van der Waals surface area contributed by atoms with E-state index in [0.29, 0.717) is 28.0 Å². The van der Waals surface area contributed by atoms with E-state index >= 15 is 0 Å². The number of benzene rings is 1. The summed E-state index contributed by atoms with van der Waals surface area (Å²) in [5.74, 6) is 1.09. The van der Waals surface area contributed by atoms with E-state index in [1.807, 2.05) is 33.8 Å². The number of carbonyl (C=O) groups excluding carboxylic acids is 1. The van der Waals surface area contributed by atoms with Crippen molar-refractivity contribution >= 4 is 22.7 Å². The first-order valence-corrected chi connectivity index (χ1v) is 8.57. The lowest BCUT2D eigenvalue weighted by molar-refractivity contribution is 0.0530. The van der Waals surface area contributed by atoms with Gasteiger partial charge in [0.25, 0.3) is 0 Å². The van der Waals surface area contributed by atoms with Crippen LogP contribution in [0, 0.1) is 13.8 Å². The molecule has 0 fully saturated rings. The van der Waals surface area contributed by atoms with Gasteiger partial charge in [-0.05, 0) is 32.9 Å². The lowest BCUT2D eigenvalue weighted by atomic mass is 10.0. The van der Waals surface area contributed by atoms with Crippen LogP contribution in [0.15, 0.2) is 16.7 Å². The molecular weight excluding hydrogens is 334 g/mol. The minimum atomic E-state index is -0.464. The lowest BCUT2D eigenvalue weighted by Gasteiger charge is -2.09. The zero-order valence-corrected chi connectivity index (χ0v) is 16.0. The number of aromatic amines is 1. The summed E-state index contributed by atoms with van der Waals surface area (Å²) in [5.41, 5.74) is 9.44. The number of aryl methyl sites for hydroxylation is 2. The molecule has 26 heavy (non-hydrogen) atoms. The number of nitrogens with zero attached hydrogens (tertiary/aromatic N) is 1. The van der Waals surface area contributed by atoms with Gasteiger partial charge in [-0.15, -0.1) is 0 Å². The van der Waals surface area contributed by atoms with Crippen molar-refractivity contribution in [3.63, 3.8) is 0 Å². The molecule has 0 saturated carbocycles. The molecule has 0 unspecified atom stereocenters. The molecule has 0 atom stereocenters. The summed E-state index contributed by atoms with van der Waals surface area (Å²) in [6.07, 6.45) is 0. The molecule has 0 bridgehead atoms. The summed E-state index contributed by atoms with van der Waals surface area (Å²) in [6, 6.07) is 3.65. The molecule has 2 heterocycles. The third-order valence-corrected chi connectivity index (χ3v) is 3.93. The Balaban J connectivity index is 0.00000117. The van der Waals surface area contributed by atoms with Gasteiger partial charge in [0.2, 0.25) is 0 Å². The van der Waals surface area contributed by atoms with E-state index in [-0.39, 0.29) is 12.4 Å². The number of anilines is 1. The molecule has 0 aliphatic carbocycles. The first-order chi connectivity index (χ1) is 12.5. The van der Waals surface area contributed by atoms with Crippen LogP contribution < -0.4 is 10.5 Å². The largest absolute Gasteiger partial charge is 0.496 e. The number of nitrogens with two attached hydrogens (primary N) is 1. The number of H-pyrrole nitrogens is 1. The van der Waals surface area contributed by atoms with E-state index in [9.17, 15) is 4.79 Å². The average Bonchev–Trinajstić information content (AvgIpc) is 3.13. The fourth-order valence-electron chi connectivity index (χ4n) is 2.90. The van der Waals surface area contributed by atoms with Crippen molar-refractivity contribution in [2.45, 2.75) is 34.6 Å². The highest BCUT2D eigenvalue weighted by Gasteiger charge is 2.22. The molecule has 3 aromatic rings. The Kier molecular flexibility index (Phi) is 5.92. The molecule has 1 aromatic carbocycles.